The molecule has 1 aromatic heterocycles. The highest BCUT2D eigenvalue weighted by Crippen LogP contribution is 2.27. The maximum absolute atomic E-state index is 12.5. The summed E-state index contributed by atoms with van der Waals surface area (Å²) in [5.41, 5.74) is 0.961. The molecule has 9 heteroatoms. The van der Waals surface area contributed by atoms with Crippen LogP contribution in [0, 0.1) is 5.92 Å². The summed E-state index contributed by atoms with van der Waals surface area (Å²) in [4.78, 5) is 47.6. The first-order chi connectivity index (χ1) is 14.5. The second-order valence-corrected chi connectivity index (χ2v) is 7.79. The Morgan fingerprint density at radius 2 is 1.90 bits per heavy atom. The Hall–Kier alpha value is -2.94. The molecular weight excluding hydrogens is 404 g/mol. The van der Waals surface area contributed by atoms with Crippen LogP contribution in [0.3, 0.4) is 0 Å². The molecule has 0 spiro atoms. The molecule has 3 rings (SSSR count). The number of ketones is 1. The van der Waals surface area contributed by atoms with E-state index < -0.39 is 0 Å². The van der Waals surface area contributed by atoms with Crippen LogP contribution in [0.15, 0.2) is 41.6 Å². The van der Waals surface area contributed by atoms with Gasteiger partial charge in [-0.2, -0.15) is 0 Å². The number of hydrogen-bond acceptors (Lipinski definition) is 8. The van der Waals surface area contributed by atoms with Gasteiger partial charge < -0.3 is 15.0 Å². The van der Waals surface area contributed by atoms with Crippen molar-refractivity contribution >= 4 is 41.1 Å². The number of hydrogen-bond donors (Lipinski definition) is 1. The van der Waals surface area contributed by atoms with Crippen LogP contribution in [-0.4, -0.2) is 53.6 Å². The highest BCUT2D eigenvalue weighted by atomic mass is 32.2. The maximum Gasteiger partial charge on any atom is 0.309 e. The maximum atomic E-state index is 12.5. The molecule has 0 radical (unpaired) electrons. The summed E-state index contributed by atoms with van der Waals surface area (Å²) in [7, 11) is 0. The lowest BCUT2D eigenvalue weighted by molar-refractivity contribution is -0.148. The number of rotatable bonds is 7. The lowest BCUT2D eigenvalue weighted by Crippen LogP contribution is -2.38. The summed E-state index contributed by atoms with van der Waals surface area (Å²) in [5, 5.41) is 2.72. The van der Waals surface area contributed by atoms with E-state index in [-0.39, 0.29) is 30.2 Å². The fourth-order valence-electron chi connectivity index (χ4n) is 3.28. The fourth-order valence-corrected chi connectivity index (χ4v) is 3.81. The van der Waals surface area contributed by atoms with Crippen molar-refractivity contribution in [3.8, 4) is 0 Å². The Morgan fingerprint density at radius 1 is 1.20 bits per heavy atom. The molecule has 1 N–H and O–H groups in total. The number of piperidine rings is 1. The van der Waals surface area contributed by atoms with Gasteiger partial charge in [0.15, 0.2) is 12.4 Å². The third-order valence-corrected chi connectivity index (χ3v) is 5.64. The molecule has 0 atom stereocenters. The van der Waals surface area contributed by atoms with Crippen molar-refractivity contribution in [1.82, 2.24) is 9.97 Å². The van der Waals surface area contributed by atoms with E-state index >= 15 is 0 Å². The van der Waals surface area contributed by atoms with Gasteiger partial charge in [0.1, 0.15) is 0 Å². The number of anilines is 2. The SMILES string of the molecule is CSc1ccc(C(=O)COC(=O)C2CCN(c3ncccn3)CC2)cc1NC(C)=O. The number of carbonyl (C=O) groups excluding carboxylic acids is 3. The zero-order valence-corrected chi connectivity index (χ0v) is 17.8. The number of thioether (sulfide) groups is 1. The first kappa shape index (κ1) is 21.8. The zero-order chi connectivity index (χ0) is 21.5. The summed E-state index contributed by atoms with van der Waals surface area (Å²) in [6, 6.07) is 6.82. The average Bonchev–Trinajstić information content (AvgIpc) is 2.77. The molecule has 8 nitrogen and oxygen atoms in total. The van der Waals surface area contributed by atoms with Crippen LogP contribution >= 0.6 is 11.8 Å². The molecule has 1 aliphatic rings. The number of aromatic nitrogens is 2. The number of amides is 1. The average molecular weight is 429 g/mol. The van der Waals surface area contributed by atoms with Gasteiger partial charge in [-0.15, -0.1) is 11.8 Å². The summed E-state index contributed by atoms with van der Waals surface area (Å²) < 4.78 is 5.29. The number of nitrogens with one attached hydrogen (secondary N) is 1. The Balaban J connectivity index is 1.52. The second kappa shape index (κ2) is 10.2. The van der Waals surface area contributed by atoms with E-state index in [9.17, 15) is 14.4 Å². The normalized spacial score (nSPS) is 14.3. The number of Topliss-reactive ketones (excluding diaryl/α,β-unsaturated/α-hetero) is 1. The van der Waals surface area contributed by atoms with Crippen molar-refractivity contribution in [3.63, 3.8) is 0 Å². The predicted octanol–water partition coefficient (Wildman–Crippen LogP) is 2.80. The van der Waals surface area contributed by atoms with E-state index in [0.29, 0.717) is 43.1 Å². The van der Waals surface area contributed by atoms with Crippen molar-refractivity contribution in [2.45, 2.75) is 24.7 Å². The summed E-state index contributed by atoms with van der Waals surface area (Å²) in [6.45, 7) is 2.41. The molecule has 1 aromatic carbocycles. The second-order valence-electron chi connectivity index (χ2n) is 6.94. The molecule has 30 heavy (non-hydrogen) atoms. The summed E-state index contributed by atoms with van der Waals surface area (Å²) >= 11 is 1.47. The molecule has 0 aliphatic carbocycles. The van der Waals surface area contributed by atoms with Crippen molar-refractivity contribution in [2.75, 3.05) is 36.2 Å². The van der Waals surface area contributed by atoms with Gasteiger partial charge in [0.2, 0.25) is 11.9 Å². The minimum atomic E-state index is -0.361. The number of ether oxygens (including phenoxy) is 1. The van der Waals surface area contributed by atoms with E-state index in [1.165, 1.54) is 18.7 Å². The van der Waals surface area contributed by atoms with Gasteiger partial charge >= 0.3 is 5.97 Å². The molecule has 0 saturated carbocycles. The number of esters is 1. The molecule has 1 fully saturated rings. The Kier molecular flexibility index (Phi) is 7.40. The predicted molar refractivity (Wildman–Crippen MR) is 115 cm³/mol. The Bertz CT molecular complexity index is 914. The molecule has 2 heterocycles. The molecular formula is C21H24N4O4S. The number of nitrogens with zero attached hydrogens (tertiary/aromatic N) is 3. The van der Waals surface area contributed by atoms with Crippen molar-refractivity contribution < 1.29 is 19.1 Å². The van der Waals surface area contributed by atoms with Crippen LogP contribution in [0.1, 0.15) is 30.1 Å². The Morgan fingerprint density at radius 3 is 2.53 bits per heavy atom. The van der Waals surface area contributed by atoms with Gasteiger partial charge in [0.05, 0.1) is 11.6 Å². The molecule has 1 amide bonds. The number of carbonyl (C=O) groups is 3. The highest BCUT2D eigenvalue weighted by Gasteiger charge is 2.27. The Labute approximate surface area is 179 Å². The van der Waals surface area contributed by atoms with Crippen molar-refractivity contribution in [3.05, 3.63) is 42.2 Å². The van der Waals surface area contributed by atoms with E-state index in [1.54, 1.807) is 36.7 Å². The van der Waals surface area contributed by atoms with Crippen LogP contribution in [-0.2, 0) is 14.3 Å². The monoisotopic (exact) mass is 428 g/mol. The minimum absolute atomic E-state index is 0.214. The lowest BCUT2D eigenvalue weighted by atomic mass is 9.97. The minimum Gasteiger partial charge on any atom is -0.457 e. The van der Waals surface area contributed by atoms with Crippen LogP contribution < -0.4 is 10.2 Å². The van der Waals surface area contributed by atoms with Crippen molar-refractivity contribution in [2.24, 2.45) is 5.92 Å². The third kappa shape index (κ3) is 5.56. The molecule has 1 aliphatic heterocycles. The van der Waals surface area contributed by atoms with Gasteiger partial charge in [0, 0.05) is 42.9 Å². The fraction of sp³-hybridized carbons (Fsp3) is 0.381. The van der Waals surface area contributed by atoms with Gasteiger partial charge in [0.25, 0.3) is 0 Å². The van der Waals surface area contributed by atoms with Crippen LogP contribution in [0.5, 0.6) is 0 Å². The van der Waals surface area contributed by atoms with E-state index in [1.807, 2.05) is 11.2 Å². The van der Waals surface area contributed by atoms with Gasteiger partial charge in [-0.05, 0) is 37.3 Å². The molecule has 0 unspecified atom stereocenters. The van der Waals surface area contributed by atoms with E-state index in [0.717, 1.165) is 4.90 Å². The first-order valence-corrected chi connectivity index (χ1v) is 10.9. The van der Waals surface area contributed by atoms with E-state index in [4.69, 9.17) is 4.74 Å². The molecule has 1 saturated heterocycles. The third-order valence-electron chi connectivity index (χ3n) is 4.84. The highest BCUT2D eigenvalue weighted by molar-refractivity contribution is 7.98. The van der Waals surface area contributed by atoms with Gasteiger partial charge in [-0.25, -0.2) is 9.97 Å². The molecule has 158 valence electrons. The lowest BCUT2D eigenvalue weighted by Gasteiger charge is -2.30. The molecule has 2 aromatic rings. The van der Waals surface area contributed by atoms with E-state index in [2.05, 4.69) is 15.3 Å². The van der Waals surface area contributed by atoms with Crippen LogP contribution in [0.2, 0.25) is 0 Å². The summed E-state index contributed by atoms with van der Waals surface area (Å²) in [6.07, 6.45) is 6.52. The van der Waals surface area contributed by atoms with Crippen molar-refractivity contribution in [1.29, 1.82) is 0 Å². The van der Waals surface area contributed by atoms with Crippen LogP contribution in [0.25, 0.3) is 0 Å². The topological polar surface area (TPSA) is 101 Å². The standard InChI is InChI=1S/C21H24N4O4S/c1-14(26)24-17-12-16(4-5-19(17)30-2)18(27)13-29-20(28)15-6-10-25(11-7-15)21-22-8-3-9-23-21/h3-5,8-9,12,15H,6-7,10-11,13H2,1-2H3,(H,24,26). The zero-order valence-electron chi connectivity index (χ0n) is 17.0. The number of benzene rings is 1. The first-order valence-electron chi connectivity index (χ1n) is 9.65. The smallest absolute Gasteiger partial charge is 0.309 e. The quantitative estimate of drug-likeness (QED) is 0.408. The molecule has 0 bridgehead atoms. The van der Waals surface area contributed by atoms with Gasteiger partial charge in [-0.3, -0.25) is 14.4 Å². The van der Waals surface area contributed by atoms with Crippen LogP contribution in [0.4, 0.5) is 11.6 Å². The van der Waals surface area contributed by atoms with Gasteiger partial charge in [-0.1, -0.05) is 6.07 Å². The largest absolute Gasteiger partial charge is 0.457 e. The summed E-state index contributed by atoms with van der Waals surface area (Å²) in [5.74, 6) is -0.471.